The second-order valence-corrected chi connectivity index (χ2v) is 3.78. The zero-order chi connectivity index (χ0) is 9.84. The average Bonchev–Trinajstić information content (AvgIpc) is 2.13. The van der Waals surface area contributed by atoms with Crippen LogP contribution in [0.3, 0.4) is 0 Å². The van der Waals surface area contributed by atoms with Gasteiger partial charge in [0, 0.05) is 6.04 Å². The summed E-state index contributed by atoms with van der Waals surface area (Å²) in [5.41, 5.74) is 0.991. The lowest BCUT2D eigenvalue weighted by Crippen LogP contribution is -2.15. The molecule has 0 spiro atoms. The largest absolute Gasteiger partial charge is 0.313 e. The normalized spacial score (nSPS) is 12.9. The van der Waals surface area contributed by atoms with Crippen LogP contribution in [0.25, 0.3) is 0 Å². The van der Waals surface area contributed by atoms with Crippen molar-refractivity contribution in [3.8, 4) is 0 Å². The summed E-state index contributed by atoms with van der Waals surface area (Å²) in [7, 11) is 1.88. The van der Waals surface area contributed by atoms with Gasteiger partial charge >= 0.3 is 0 Å². The fraction of sp³-hybridized carbons (Fsp3) is 0.400. The Hall–Kier alpha value is -0.410. The highest BCUT2D eigenvalue weighted by molar-refractivity contribution is 9.10. The van der Waals surface area contributed by atoms with E-state index < -0.39 is 0 Å². The lowest BCUT2D eigenvalue weighted by molar-refractivity contribution is 0.564. The van der Waals surface area contributed by atoms with E-state index in [-0.39, 0.29) is 11.9 Å². The van der Waals surface area contributed by atoms with Gasteiger partial charge in [-0.15, -0.1) is 0 Å². The smallest absolute Gasteiger partial charge is 0.137 e. The summed E-state index contributed by atoms with van der Waals surface area (Å²) < 4.78 is 13.7. The van der Waals surface area contributed by atoms with E-state index in [1.165, 1.54) is 0 Å². The zero-order valence-electron chi connectivity index (χ0n) is 7.77. The Balaban J connectivity index is 2.95. The molecule has 0 radical (unpaired) electrons. The topological polar surface area (TPSA) is 12.0 Å². The molecular formula is C10H13BrFN. The van der Waals surface area contributed by atoms with E-state index in [4.69, 9.17) is 0 Å². The predicted octanol–water partition coefficient (Wildman–Crippen LogP) is 3.26. The molecule has 0 aliphatic rings. The van der Waals surface area contributed by atoms with Gasteiger partial charge in [0.05, 0.1) is 4.47 Å². The molecule has 0 fully saturated rings. The van der Waals surface area contributed by atoms with E-state index in [1.54, 1.807) is 12.1 Å². The molecule has 1 N–H and O–H groups in total. The number of benzene rings is 1. The van der Waals surface area contributed by atoms with Crippen molar-refractivity contribution in [1.29, 1.82) is 0 Å². The number of nitrogens with one attached hydrogen (secondary N) is 1. The summed E-state index contributed by atoms with van der Waals surface area (Å²) in [6, 6.07) is 5.47. The highest BCUT2D eigenvalue weighted by Gasteiger charge is 2.08. The number of halogens is 2. The van der Waals surface area contributed by atoms with Crippen molar-refractivity contribution in [1.82, 2.24) is 5.32 Å². The van der Waals surface area contributed by atoms with Gasteiger partial charge in [-0.1, -0.05) is 13.0 Å². The molecule has 0 aliphatic heterocycles. The third-order valence-electron chi connectivity index (χ3n) is 2.10. The van der Waals surface area contributed by atoms with Gasteiger partial charge in [0.15, 0.2) is 0 Å². The molecule has 0 aliphatic carbocycles. The highest BCUT2D eigenvalue weighted by Crippen LogP contribution is 2.21. The summed E-state index contributed by atoms with van der Waals surface area (Å²) in [5.74, 6) is -0.203. The fourth-order valence-electron chi connectivity index (χ4n) is 1.34. The van der Waals surface area contributed by atoms with Crippen molar-refractivity contribution in [3.05, 3.63) is 34.1 Å². The third-order valence-corrected chi connectivity index (χ3v) is 2.75. The summed E-state index contributed by atoms with van der Waals surface area (Å²) in [4.78, 5) is 0. The van der Waals surface area contributed by atoms with E-state index in [2.05, 4.69) is 28.2 Å². The monoisotopic (exact) mass is 245 g/mol. The minimum absolute atomic E-state index is 0.203. The second-order valence-electron chi connectivity index (χ2n) is 2.92. The Kier molecular flexibility index (Phi) is 3.88. The molecular weight excluding hydrogens is 233 g/mol. The van der Waals surface area contributed by atoms with Gasteiger partial charge in [-0.05, 0) is 47.1 Å². The first kappa shape index (κ1) is 10.7. The van der Waals surface area contributed by atoms with E-state index in [1.807, 2.05) is 13.1 Å². The minimum Gasteiger partial charge on any atom is -0.313 e. The zero-order valence-corrected chi connectivity index (χ0v) is 9.36. The van der Waals surface area contributed by atoms with Crippen molar-refractivity contribution in [2.75, 3.05) is 7.05 Å². The van der Waals surface area contributed by atoms with Crippen LogP contribution in [0.15, 0.2) is 22.7 Å². The van der Waals surface area contributed by atoms with E-state index in [0.717, 1.165) is 12.0 Å². The van der Waals surface area contributed by atoms with Crippen LogP contribution in [0, 0.1) is 5.82 Å². The molecule has 1 aromatic carbocycles. The summed E-state index contributed by atoms with van der Waals surface area (Å²) in [6.45, 7) is 2.07. The molecule has 1 nitrogen and oxygen atoms in total. The second kappa shape index (κ2) is 4.72. The van der Waals surface area contributed by atoms with Gasteiger partial charge in [-0.3, -0.25) is 0 Å². The van der Waals surface area contributed by atoms with Crippen LogP contribution in [0.4, 0.5) is 4.39 Å². The Morgan fingerprint density at radius 2 is 2.23 bits per heavy atom. The van der Waals surface area contributed by atoms with Crippen LogP contribution in [-0.4, -0.2) is 7.05 Å². The van der Waals surface area contributed by atoms with E-state index >= 15 is 0 Å². The van der Waals surface area contributed by atoms with Gasteiger partial charge in [-0.25, -0.2) is 4.39 Å². The first-order valence-electron chi connectivity index (χ1n) is 4.31. The lowest BCUT2D eigenvalue weighted by Gasteiger charge is -2.14. The fourth-order valence-corrected chi connectivity index (χ4v) is 1.58. The Labute approximate surface area is 86.5 Å². The molecule has 0 heterocycles. The van der Waals surface area contributed by atoms with E-state index in [0.29, 0.717) is 4.47 Å². The van der Waals surface area contributed by atoms with Crippen molar-refractivity contribution >= 4 is 15.9 Å². The number of hydrogen-bond acceptors (Lipinski definition) is 1. The first-order chi connectivity index (χ1) is 6.19. The third kappa shape index (κ3) is 2.51. The molecule has 0 bridgehead atoms. The molecule has 0 saturated carbocycles. The number of hydrogen-bond donors (Lipinski definition) is 1. The van der Waals surface area contributed by atoms with Crippen LogP contribution < -0.4 is 5.32 Å². The number of rotatable bonds is 3. The van der Waals surface area contributed by atoms with E-state index in [9.17, 15) is 4.39 Å². The van der Waals surface area contributed by atoms with Crippen LogP contribution in [0.5, 0.6) is 0 Å². The van der Waals surface area contributed by atoms with Gasteiger partial charge in [0.2, 0.25) is 0 Å². The van der Waals surface area contributed by atoms with Gasteiger partial charge < -0.3 is 5.32 Å². The standard InChI is InChI=1S/C10H13BrFN/c1-3-10(13-2)7-4-5-8(11)9(12)6-7/h4-6,10,13H,3H2,1-2H3. The summed E-state index contributed by atoms with van der Waals surface area (Å²) in [6.07, 6.45) is 0.956. The van der Waals surface area contributed by atoms with Crippen LogP contribution in [0.2, 0.25) is 0 Å². The average molecular weight is 246 g/mol. The van der Waals surface area contributed by atoms with Crippen LogP contribution in [0.1, 0.15) is 24.9 Å². The molecule has 3 heteroatoms. The van der Waals surface area contributed by atoms with Crippen LogP contribution >= 0.6 is 15.9 Å². The maximum absolute atomic E-state index is 13.1. The molecule has 0 amide bonds. The minimum atomic E-state index is -0.203. The molecule has 72 valence electrons. The molecule has 1 rings (SSSR count). The van der Waals surface area contributed by atoms with Crippen molar-refractivity contribution < 1.29 is 4.39 Å². The molecule has 1 atom stereocenters. The van der Waals surface area contributed by atoms with Gasteiger partial charge in [0.25, 0.3) is 0 Å². The maximum atomic E-state index is 13.1. The molecule has 1 unspecified atom stereocenters. The lowest BCUT2D eigenvalue weighted by atomic mass is 10.1. The molecule has 0 saturated heterocycles. The SMILES string of the molecule is CCC(NC)c1ccc(Br)c(F)c1. The predicted molar refractivity (Wildman–Crippen MR) is 56.2 cm³/mol. The first-order valence-corrected chi connectivity index (χ1v) is 5.10. The Bertz CT molecular complexity index is 284. The molecule has 0 aromatic heterocycles. The van der Waals surface area contributed by atoms with Crippen molar-refractivity contribution in [2.45, 2.75) is 19.4 Å². The highest BCUT2D eigenvalue weighted by atomic mass is 79.9. The van der Waals surface area contributed by atoms with Gasteiger partial charge in [0.1, 0.15) is 5.82 Å². The molecule has 1 aromatic rings. The quantitative estimate of drug-likeness (QED) is 0.863. The maximum Gasteiger partial charge on any atom is 0.137 e. The Morgan fingerprint density at radius 3 is 2.69 bits per heavy atom. The van der Waals surface area contributed by atoms with Gasteiger partial charge in [-0.2, -0.15) is 0 Å². The summed E-state index contributed by atoms with van der Waals surface area (Å²) in [5, 5.41) is 3.13. The van der Waals surface area contributed by atoms with Crippen molar-refractivity contribution in [2.24, 2.45) is 0 Å². The van der Waals surface area contributed by atoms with Crippen molar-refractivity contribution in [3.63, 3.8) is 0 Å². The molecule has 13 heavy (non-hydrogen) atoms. The Morgan fingerprint density at radius 1 is 1.54 bits per heavy atom. The summed E-state index contributed by atoms with van der Waals surface area (Å²) >= 11 is 3.13. The van der Waals surface area contributed by atoms with Crippen LogP contribution in [-0.2, 0) is 0 Å².